The zero-order valence-electron chi connectivity index (χ0n) is 8.98. The van der Waals surface area contributed by atoms with Crippen LogP contribution in [0.15, 0.2) is 28.9 Å². The van der Waals surface area contributed by atoms with Crippen LogP contribution in [-0.4, -0.2) is 26.7 Å². The van der Waals surface area contributed by atoms with Crippen LogP contribution in [0, 0.1) is 0 Å². The Morgan fingerprint density at radius 3 is 3.00 bits per heavy atom. The number of hydrogen-bond donors (Lipinski definition) is 1. The molecule has 0 saturated heterocycles. The molecule has 0 amide bonds. The summed E-state index contributed by atoms with van der Waals surface area (Å²) >= 11 is 9.43. The molecule has 6 heteroatoms. The monoisotopic (exact) mass is 315 g/mol. The average Bonchev–Trinajstić information content (AvgIpc) is 2.78. The molecule has 0 unspecified atom stereocenters. The topological polar surface area (TPSA) is 50.9 Å². The maximum atomic E-state index is 8.75. The highest BCUT2D eigenvalue weighted by molar-refractivity contribution is 9.10. The number of aliphatic hydroxyl groups excluding tert-OH is 1. The van der Waals surface area contributed by atoms with Gasteiger partial charge in [-0.25, -0.2) is 4.68 Å². The molecule has 0 saturated carbocycles. The van der Waals surface area contributed by atoms with Crippen molar-refractivity contribution >= 4 is 27.5 Å². The number of aromatic nitrogens is 3. The smallest absolute Gasteiger partial charge is 0.0832 e. The van der Waals surface area contributed by atoms with Gasteiger partial charge in [-0.2, -0.15) is 0 Å². The van der Waals surface area contributed by atoms with Gasteiger partial charge < -0.3 is 5.11 Å². The van der Waals surface area contributed by atoms with Crippen LogP contribution in [0.25, 0.3) is 5.69 Å². The lowest BCUT2D eigenvalue weighted by atomic mass is 10.2. The fraction of sp³-hybridized carbons (Fsp3) is 0.273. The lowest BCUT2D eigenvalue weighted by Crippen LogP contribution is -1.96. The quantitative estimate of drug-likeness (QED) is 0.943. The van der Waals surface area contributed by atoms with Gasteiger partial charge in [0.15, 0.2) is 0 Å². The minimum absolute atomic E-state index is 0.160. The number of rotatable bonds is 4. The normalized spacial score (nSPS) is 10.8. The van der Waals surface area contributed by atoms with E-state index in [2.05, 4.69) is 26.2 Å². The van der Waals surface area contributed by atoms with E-state index in [1.807, 2.05) is 18.3 Å². The first-order chi connectivity index (χ1) is 8.22. The minimum Gasteiger partial charge on any atom is -0.396 e. The molecule has 2 rings (SSSR count). The van der Waals surface area contributed by atoms with Gasteiger partial charge in [-0.1, -0.05) is 22.9 Å². The Bertz CT molecular complexity index is 515. The first-order valence-corrected chi connectivity index (χ1v) is 6.36. The zero-order valence-corrected chi connectivity index (χ0v) is 11.3. The lowest BCUT2D eigenvalue weighted by molar-refractivity contribution is 0.288. The predicted octanol–water partition coefficient (Wildman–Crippen LogP) is 2.61. The van der Waals surface area contributed by atoms with Gasteiger partial charge in [0.25, 0.3) is 0 Å². The standard InChI is InChI=1S/C11H11BrClN3O/c12-11-9(13)4-1-5-10(11)16-7-8(14-15-16)3-2-6-17/h1,4-5,7,17H,2-3,6H2. The molecule has 0 aliphatic rings. The highest BCUT2D eigenvalue weighted by atomic mass is 79.9. The highest BCUT2D eigenvalue weighted by Crippen LogP contribution is 2.28. The number of aliphatic hydroxyl groups is 1. The Labute approximate surface area is 112 Å². The largest absolute Gasteiger partial charge is 0.396 e. The number of halogens is 2. The van der Waals surface area contributed by atoms with Crippen molar-refractivity contribution < 1.29 is 5.11 Å². The molecule has 90 valence electrons. The SMILES string of the molecule is OCCCc1cn(-c2cccc(Cl)c2Br)nn1. The summed E-state index contributed by atoms with van der Waals surface area (Å²) in [6, 6.07) is 5.57. The molecular weight excluding hydrogens is 305 g/mol. The van der Waals surface area contributed by atoms with Crippen LogP contribution < -0.4 is 0 Å². The van der Waals surface area contributed by atoms with Crippen LogP contribution in [0.1, 0.15) is 12.1 Å². The molecule has 0 bridgehead atoms. The third-order valence-corrected chi connectivity index (χ3v) is 3.69. The van der Waals surface area contributed by atoms with E-state index in [-0.39, 0.29) is 6.61 Å². The first kappa shape index (κ1) is 12.5. The van der Waals surface area contributed by atoms with Gasteiger partial charge in [0.2, 0.25) is 0 Å². The molecule has 2 aromatic rings. The fourth-order valence-electron chi connectivity index (χ4n) is 1.46. The van der Waals surface area contributed by atoms with Crippen LogP contribution in [0.5, 0.6) is 0 Å². The summed E-state index contributed by atoms with van der Waals surface area (Å²) in [5.41, 5.74) is 1.70. The Balaban J connectivity index is 2.27. The third kappa shape index (κ3) is 2.86. The van der Waals surface area contributed by atoms with Crippen LogP contribution in [0.4, 0.5) is 0 Å². The number of aryl methyl sites for hydroxylation is 1. The van der Waals surface area contributed by atoms with Crippen molar-refractivity contribution in [2.45, 2.75) is 12.8 Å². The van der Waals surface area contributed by atoms with Crippen molar-refractivity contribution in [3.63, 3.8) is 0 Å². The molecule has 17 heavy (non-hydrogen) atoms. The predicted molar refractivity (Wildman–Crippen MR) is 69.5 cm³/mol. The summed E-state index contributed by atoms with van der Waals surface area (Å²) in [4.78, 5) is 0. The molecular formula is C11H11BrClN3O. The van der Waals surface area contributed by atoms with Gasteiger partial charge >= 0.3 is 0 Å². The minimum atomic E-state index is 0.160. The Morgan fingerprint density at radius 2 is 2.24 bits per heavy atom. The van der Waals surface area contributed by atoms with E-state index in [4.69, 9.17) is 16.7 Å². The van der Waals surface area contributed by atoms with Crippen molar-refractivity contribution in [1.82, 2.24) is 15.0 Å². The van der Waals surface area contributed by atoms with Gasteiger partial charge in [0, 0.05) is 6.61 Å². The molecule has 0 spiro atoms. The van der Waals surface area contributed by atoms with E-state index in [1.54, 1.807) is 10.7 Å². The molecule has 1 heterocycles. The molecule has 0 fully saturated rings. The van der Waals surface area contributed by atoms with E-state index in [9.17, 15) is 0 Å². The van der Waals surface area contributed by atoms with Crippen LogP contribution in [0.3, 0.4) is 0 Å². The first-order valence-electron chi connectivity index (χ1n) is 5.19. The highest BCUT2D eigenvalue weighted by Gasteiger charge is 2.08. The summed E-state index contributed by atoms with van der Waals surface area (Å²) in [6.45, 7) is 0.160. The summed E-state index contributed by atoms with van der Waals surface area (Å²) in [6.07, 6.45) is 3.25. The zero-order chi connectivity index (χ0) is 12.3. The number of hydrogen-bond acceptors (Lipinski definition) is 3. The van der Waals surface area contributed by atoms with Crippen LogP contribution in [-0.2, 0) is 6.42 Å². The number of nitrogens with zero attached hydrogens (tertiary/aromatic N) is 3. The third-order valence-electron chi connectivity index (χ3n) is 2.31. The van der Waals surface area contributed by atoms with Crippen molar-refractivity contribution in [3.05, 3.63) is 39.6 Å². The number of benzene rings is 1. The van der Waals surface area contributed by atoms with Crippen molar-refractivity contribution in [1.29, 1.82) is 0 Å². The Kier molecular flexibility index (Phi) is 4.15. The van der Waals surface area contributed by atoms with Gasteiger partial charge in [0.1, 0.15) is 0 Å². The van der Waals surface area contributed by atoms with Crippen molar-refractivity contribution in [3.8, 4) is 5.69 Å². The molecule has 4 nitrogen and oxygen atoms in total. The molecule has 0 atom stereocenters. The van der Waals surface area contributed by atoms with Gasteiger partial charge in [-0.3, -0.25) is 0 Å². The summed E-state index contributed by atoms with van der Waals surface area (Å²) in [5.74, 6) is 0. The lowest BCUT2D eigenvalue weighted by Gasteiger charge is -2.04. The van der Waals surface area contributed by atoms with Crippen molar-refractivity contribution in [2.75, 3.05) is 6.61 Å². The van der Waals surface area contributed by atoms with Crippen molar-refractivity contribution in [2.24, 2.45) is 0 Å². The van der Waals surface area contributed by atoms with Gasteiger partial charge in [-0.05, 0) is 40.9 Å². The summed E-state index contributed by atoms with van der Waals surface area (Å²) < 4.78 is 2.46. The molecule has 1 aromatic heterocycles. The second-order valence-electron chi connectivity index (χ2n) is 3.55. The van der Waals surface area contributed by atoms with Crippen LogP contribution >= 0.6 is 27.5 Å². The average molecular weight is 317 g/mol. The van der Waals surface area contributed by atoms with Gasteiger partial charge in [0.05, 0.1) is 27.1 Å². The van der Waals surface area contributed by atoms with Gasteiger partial charge in [-0.15, -0.1) is 5.10 Å². The molecule has 0 radical (unpaired) electrons. The Morgan fingerprint density at radius 1 is 1.41 bits per heavy atom. The maximum absolute atomic E-state index is 8.75. The molecule has 1 aromatic carbocycles. The Hall–Kier alpha value is -0.910. The maximum Gasteiger partial charge on any atom is 0.0832 e. The molecule has 1 N–H and O–H groups in total. The fourth-order valence-corrected chi connectivity index (χ4v) is 2.08. The van der Waals surface area contributed by atoms with E-state index < -0.39 is 0 Å². The van der Waals surface area contributed by atoms with E-state index in [1.165, 1.54) is 0 Å². The molecule has 0 aliphatic carbocycles. The van der Waals surface area contributed by atoms with E-state index in [0.29, 0.717) is 17.9 Å². The van der Waals surface area contributed by atoms with E-state index in [0.717, 1.165) is 15.9 Å². The summed E-state index contributed by atoms with van der Waals surface area (Å²) in [7, 11) is 0. The second kappa shape index (κ2) is 5.62. The van der Waals surface area contributed by atoms with E-state index >= 15 is 0 Å². The second-order valence-corrected chi connectivity index (χ2v) is 4.75. The summed E-state index contributed by atoms with van der Waals surface area (Å²) in [5, 5.41) is 17.5. The molecule has 0 aliphatic heterocycles. The van der Waals surface area contributed by atoms with Crippen LogP contribution in [0.2, 0.25) is 5.02 Å².